The van der Waals surface area contributed by atoms with Gasteiger partial charge in [-0.3, -0.25) is 4.79 Å². The Bertz CT molecular complexity index is 897. The second-order valence-corrected chi connectivity index (χ2v) is 7.95. The Balaban J connectivity index is 1.71. The van der Waals surface area contributed by atoms with Crippen LogP contribution in [0.3, 0.4) is 0 Å². The fourth-order valence-corrected chi connectivity index (χ4v) is 3.62. The summed E-state index contributed by atoms with van der Waals surface area (Å²) in [5, 5.41) is 5.58. The van der Waals surface area contributed by atoms with E-state index in [1.165, 1.54) is 6.07 Å². The third-order valence-electron chi connectivity index (χ3n) is 5.11. The number of aryl methyl sites for hydroxylation is 1. The fraction of sp³-hybridized carbons (Fsp3) is 0.391. The number of urea groups is 1. The van der Waals surface area contributed by atoms with Gasteiger partial charge in [-0.2, -0.15) is 0 Å². The maximum Gasteiger partial charge on any atom is 0.317 e. The van der Waals surface area contributed by atoms with Gasteiger partial charge >= 0.3 is 6.03 Å². The van der Waals surface area contributed by atoms with E-state index in [1.807, 2.05) is 36.9 Å². The second-order valence-electron chi connectivity index (χ2n) is 7.95. The van der Waals surface area contributed by atoms with Gasteiger partial charge in [-0.05, 0) is 69.0 Å². The van der Waals surface area contributed by atoms with E-state index in [4.69, 9.17) is 0 Å². The molecule has 3 rings (SSSR count). The Labute approximate surface area is 171 Å². The molecule has 1 aliphatic heterocycles. The molecule has 1 unspecified atom stereocenters. The highest BCUT2D eigenvalue weighted by Crippen LogP contribution is 2.28. The Morgan fingerprint density at radius 1 is 1.17 bits per heavy atom. The number of piperidine rings is 1. The smallest absolute Gasteiger partial charge is 0.317 e. The summed E-state index contributed by atoms with van der Waals surface area (Å²) in [4.78, 5) is 26.8. The first-order valence-electron chi connectivity index (χ1n) is 10.1. The SMILES string of the molecule is Cc1ccc(NC(=O)c2cccc(C3CCCN(C(=O)NC(C)C)C3)c2)c(F)c1. The van der Waals surface area contributed by atoms with Crippen molar-refractivity contribution in [1.82, 2.24) is 10.2 Å². The summed E-state index contributed by atoms with van der Waals surface area (Å²) in [5.41, 5.74) is 2.46. The zero-order chi connectivity index (χ0) is 21.0. The highest BCUT2D eigenvalue weighted by molar-refractivity contribution is 6.04. The Kier molecular flexibility index (Phi) is 6.52. The molecule has 29 heavy (non-hydrogen) atoms. The highest BCUT2D eigenvalue weighted by atomic mass is 19.1. The number of carbonyl (C=O) groups is 2. The zero-order valence-electron chi connectivity index (χ0n) is 17.2. The minimum atomic E-state index is -0.450. The average Bonchev–Trinajstić information content (AvgIpc) is 2.70. The van der Waals surface area contributed by atoms with Crippen LogP contribution in [0.5, 0.6) is 0 Å². The molecule has 1 saturated heterocycles. The summed E-state index contributed by atoms with van der Waals surface area (Å²) < 4.78 is 14.0. The van der Waals surface area contributed by atoms with Gasteiger partial charge in [0, 0.05) is 30.6 Å². The molecule has 5 nitrogen and oxygen atoms in total. The normalized spacial score (nSPS) is 16.6. The van der Waals surface area contributed by atoms with Crippen LogP contribution >= 0.6 is 0 Å². The van der Waals surface area contributed by atoms with Crippen molar-refractivity contribution in [2.45, 2.75) is 45.6 Å². The van der Waals surface area contributed by atoms with Crippen molar-refractivity contribution in [2.24, 2.45) is 0 Å². The summed E-state index contributed by atoms with van der Waals surface area (Å²) in [6.07, 6.45) is 1.88. The summed E-state index contributed by atoms with van der Waals surface area (Å²) in [5.74, 6) is -0.626. The van der Waals surface area contributed by atoms with Crippen LogP contribution in [0.25, 0.3) is 0 Å². The van der Waals surface area contributed by atoms with Gasteiger partial charge in [0.2, 0.25) is 0 Å². The van der Waals surface area contributed by atoms with E-state index in [0.29, 0.717) is 12.1 Å². The molecular formula is C23H28FN3O2. The maximum atomic E-state index is 14.0. The lowest BCUT2D eigenvalue weighted by Gasteiger charge is -2.33. The van der Waals surface area contributed by atoms with Gasteiger partial charge in [-0.1, -0.05) is 18.2 Å². The first-order chi connectivity index (χ1) is 13.8. The van der Waals surface area contributed by atoms with E-state index in [0.717, 1.165) is 30.5 Å². The van der Waals surface area contributed by atoms with E-state index in [2.05, 4.69) is 10.6 Å². The van der Waals surface area contributed by atoms with Crippen molar-refractivity contribution in [3.63, 3.8) is 0 Å². The first kappa shape index (κ1) is 20.8. The van der Waals surface area contributed by atoms with Crippen molar-refractivity contribution in [2.75, 3.05) is 18.4 Å². The number of rotatable bonds is 4. The molecule has 1 heterocycles. The number of carbonyl (C=O) groups excluding carboxylic acids is 2. The molecule has 0 saturated carbocycles. The van der Waals surface area contributed by atoms with Crippen LogP contribution in [0.15, 0.2) is 42.5 Å². The number of hydrogen-bond donors (Lipinski definition) is 2. The molecule has 6 heteroatoms. The van der Waals surface area contributed by atoms with Gasteiger partial charge < -0.3 is 15.5 Å². The van der Waals surface area contributed by atoms with Crippen molar-refractivity contribution >= 4 is 17.6 Å². The Morgan fingerprint density at radius 3 is 2.69 bits per heavy atom. The molecule has 2 aromatic carbocycles. The summed E-state index contributed by atoms with van der Waals surface area (Å²) in [7, 11) is 0. The standard InChI is InChI=1S/C23H28FN3O2/c1-15(2)25-23(29)27-11-5-8-19(14-27)17-6-4-7-18(13-17)22(28)26-21-10-9-16(3)12-20(21)24/h4,6-7,9-10,12-13,15,19H,5,8,11,14H2,1-3H3,(H,25,29)(H,26,28). The average molecular weight is 397 g/mol. The number of benzene rings is 2. The molecular weight excluding hydrogens is 369 g/mol. The lowest BCUT2D eigenvalue weighted by Crippen LogP contribution is -2.47. The van der Waals surface area contributed by atoms with Gasteiger partial charge in [-0.15, -0.1) is 0 Å². The molecule has 2 aromatic rings. The van der Waals surface area contributed by atoms with Crippen LogP contribution in [0, 0.1) is 12.7 Å². The molecule has 1 fully saturated rings. The van der Waals surface area contributed by atoms with E-state index in [9.17, 15) is 14.0 Å². The summed E-state index contributed by atoms with van der Waals surface area (Å²) in [6.45, 7) is 7.04. The summed E-state index contributed by atoms with van der Waals surface area (Å²) in [6, 6.07) is 12.1. The van der Waals surface area contributed by atoms with Crippen molar-refractivity contribution in [3.05, 3.63) is 65.0 Å². The Morgan fingerprint density at radius 2 is 1.97 bits per heavy atom. The number of nitrogens with one attached hydrogen (secondary N) is 2. The van der Waals surface area contributed by atoms with Crippen LogP contribution in [0.1, 0.15) is 54.1 Å². The number of hydrogen-bond acceptors (Lipinski definition) is 2. The lowest BCUT2D eigenvalue weighted by atomic mass is 9.89. The molecule has 0 bridgehead atoms. The maximum absolute atomic E-state index is 14.0. The van der Waals surface area contributed by atoms with Gasteiger partial charge in [0.25, 0.3) is 5.91 Å². The number of nitrogens with zero attached hydrogens (tertiary/aromatic N) is 1. The third-order valence-corrected chi connectivity index (χ3v) is 5.11. The lowest BCUT2D eigenvalue weighted by molar-refractivity contribution is 0.102. The molecule has 1 atom stereocenters. The largest absolute Gasteiger partial charge is 0.336 e. The molecule has 154 valence electrons. The minimum absolute atomic E-state index is 0.0477. The van der Waals surface area contributed by atoms with Crippen LogP contribution in [0.4, 0.5) is 14.9 Å². The van der Waals surface area contributed by atoms with E-state index >= 15 is 0 Å². The zero-order valence-corrected chi connectivity index (χ0v) is 17.2. The van der Waals surface area contributed by atoms with Gasteiger partial charge in [-0.25, -0.2) is 9.18 Å². The second kappa shape index (κ2) is 9.07. The van der Waals surface area contributed by atoms with Crippen LogP contribution in [-0.2, 0) is 0 Å². The molecule has 3 amide bonds. The van der Waals surface area contributed by atoms with E-state index in [-0.39, 0.29) is 29.6 Å². The first-order valence-corrected chi connectivity index (χ1v) is 10.1. The van der Waals surface area contributed by atoms with Gasteiger partial charge in [0.05, 0.1) is 5.69 Å². The number of anilines is 1. The molecule has 1 aliphatic rings. The predicted octanol–water partition coefficient (Wildman–Crippen LogP) is 4.68. The predicted molar refractivity (Wildman–Crippen MR) is 113 cm³/mol. The molecule has 0 aliphatic carbocycles. The van der Waals surface area contributed by atoms with Gasteiger partial charge in [0.15, 0.2) is 0 Å². The van der Waals surface area contributed by atoms with E-state index in [1.54, 1.807) is 25.1 Å². The topological polar surface area (TPSA) is 61.4 Å². The molecule has 0 aromatic heterocycles. The van der Waals surface area contributed by atoms with Crippen LogP contribution in [0.2, 0.25) is 0 Å². The minimum Gasteiger partial charge on any atom is -0.336 e. The fourth-order valence-electron chi connectivity index (χ4n) is 3.62. The monoisotopic (exact) mass is 397 g/mol. The van der Waals surface area contributed by atoms with Crippen molar-refractivity contribution in [1.29, 1.82) is 0 Å². The number of halogens is 1. The third kappa shape index (κ3) is 5.34. The van der Waals surface area contributed by atoms with Crippen LogP contribution < -0.4 is 10.6 Å². The molecule has 0 spiro atoms. The number of amides is 3. The number of likely N-dealkylation sites (tertiary alicyclic amines) is 1. The van der Waals surface area contributed by atoms with Crippen LogP contribution in [-0.4, -0.2) is 36.0 Å². The van der Waals surface area contributed by atoms with E-state index < -0.39 is 5.82 Å². The van der Waals surface area contributed by atoms with Gasteiger partial charge in [0.1, 0.15) is 5.82 Å². The van der Waals surface area contributed by atoms with Crippen molar-refractivity contribution < 1.29 is 14.0 Å². The van der Waals surface area contributed by atoms with Crippen molar-refractivity contribution in [3.8, 4) is 0 Å². The Hall–Kier alpha value is -2.89. The highest BCUT2D eigenvalue weighted by Gasteiger charge is 2.25. The summed E-state index contributed by atoms with van der Waals surface area (Å²) >= 11 is 0. The quantitative estimate of drug-likeness (QED) is 0.787. The molecule has 2 N–H and O–H groups in total. The molecule has 0 radical (unpaired) electrons.